The topological polar surface area (TPSA) is 88.7 Å². The number of amides is 2. The highest BCUT2D eigenvalue weighted by Gasteiger charge is 2.16. The van der Waals surface area contributed by atoms with Crippen LogP contribution >= 0.6 is 23.8 Å². The van der Waals surface area contributed by atoms with Gasteiger partial charge in [-0.15, -0.1) is 0 Å². The summed E-state index contributed by atoms with van der Waals surface area (Å²) in [6, 6.07) is 20.8. The van der Waals surface area contributed by atoms with Crippen LogP contribution in [0.4, 0.5) is 11.4 Å². The van der Waals surface area contributed by atoms with Crippen LogP contribution in [0.1, 0.15) is 37.0 Å². The van der Waals surface area contributed by atoms with Crippen molar-refractivity contribution in [2.75, 3.05) is 17.2 Å². The zero-order valence-corrected chi connectivity index (χ0v) is 21.6. The molecule has 0 saturated carbocycles. The van der Waals surface area contributed by atoms with Crippen molar-refractivity contribution in [2.24, 2.45) is 0 Å². The second-order valence-corrected chi connectivity index (χ2v) is 8.71. The molecule has 0 aliphatic heterocycles. The van der Waals surface area contributed by atoms with Gasteiger partial charge in [-0.25, -0.2) is 0 Å². The summed E-state index contributed by atoms with van der Waals surface area (Å²) >= 11 is 11.4. The van der Waals surface area contributed by atoms with Gasteiger partial charge in [0.05, 0.1) is 11.6 Å². The molecule has 1 atom stereocenters. The molecule has 0 radical (unpaired) electrons. The molecule has 0 fully saturated rings. The maximum atomic E-state index is 12.6. The first-order valence-electron chi connectivity index (χ1n) is 11.5. The Hall–Kier alpha value is -3.62. The van der Waals surface area contributed by atoms with Crippen molar-refractivity contribution >= 4 is 52.1 Å². The van der Waals surface area contributed by atoms with Gasteiger partial charge in [0.2, 0.25) is 0 Å². The summed E-state index contributed by atoms with van der Waals surface area (Å²) in [4.78, 5) is 25.0. The Morgan fingerprint density at radius 1 is 0.972 bits per heavy atom. The Labute approximate surface area is 221 Å². The van der Waals surface area contributed by atoms with E-state index in [1.165, 1.54) is 0 Å². The van der Waals surface area contributed by atoms with Gasteiger partial charge < -0.3 is 20.1 Å². The number of nitrogens with one attached hydrogen (secondary N) is 3. The Morgan fingerprint density at radius 2 is 1.67 bits per heavy atom. The third-order valence-corrected chi connectivity index (χ3v) is 5.53. The Kier molecular flexibility index (Phi) is 10.1. The lowest BCUT2D eigenvalue weighted by atomic mass is 10.2. The van der Waals surface area contributed by atoms with E-state index < -0.39 is 6.10 Å². The lowest BCUT2D eigenvalue weighted by Gasteiger charge is -2.16. The van der Waals surface area contributed by atoms with Crippen LogP contribution in [0.25, 0.3) is 0 Å². The van der Waals surface area contributed by atoms with Crippen LogP contribution in [0.2, 0.25) is 5.02 Å². The molecule has 0 bridgehead atoms. The molecular weight excluding hydrogens is 498 g/mol. The minimum atomic E-state index is -0.749. The van der Waals surface area contributed by atoms with Gasteiger partial charge in [0.1, 0.15) is 11.5 Å². The number of rotatable bonds is 10. The average molecular weight is 526 g/mol. The van der Waals surface area contributed by atoms with E-state index in [2.05, 4.69) is 22.9 Å². The number of carbonyl (C=O) groups is 2. The normalized spacial score (nSPS) is 11.2. The maximum absolute atomic E-state index is 12.6. The average Bonchev–Trinajstić information content (AvgIpc) is 2.87. The van der Waals surface area contributed by atoms with Crippen molar-refractivity contribution in [3.05, 3.63) is 83.4 Å². The van der Waals surface area contributed by atoms with Crippen LogP contribution in [-0.4, -0.2) is 29.6 Å². The molecule has 3 aromatic rings. The fourth-order valence-corrected chi connectivity index (χ4v) is 3.45. The third-order valence-electron chi connectivity index (χ3n) is 5.01. The largest absolute Gasteiger partial charge is 0.494 e. The van der Waals surface area contributed by atoms with Crippen LogP contribution < -0.4 is 25.4 Å². The molecule has 188 valence electrons. The quantitative estimate of drug-likeness (QED) is 0.220. The number of unbranched alkanes of at least 4 members (excludes halogenated alkanes) is 1. The molecule has 0 aliphatic carbocycles. The first kappa shape index (κ1) is 27.0. The molecule has 0 heterocycles. The number of ether oxygens (including phenoxy) is 2. The van der Waals surface area contributed by atoms with Gasteiger partial charge >= 0.3 is 0 Å². The summed E-state index contributed by atoms with van der Waals surface area (Å²) in [5, 5.41) is 8.99. The number of carbonyl (C=O) groups excluding carboxylic acids is 2. The van der Waals surface area contributed by atoms with Crippen molar-refractivity contribution in [1.82, 2.24) is 5.32 Å². The van der Waals surface area contributed by atoms with E-state index in [0.29, 0.717) is 40.1 Å². The van der Waals surface area contributed by atoms with Crippen LogP contribution in [-0.2, 0) is 4.79 Å². The van der Waals surface area contributed by atoms with Crippen LogP contribution in [0, 0.1) is 0 Å². The van der Waals surface area contributed by atoms with Gasteiger partial charge in [-0.3, -0.25) is 14.9 Å². The molecule has 0 saturated heterocycles. The van der Waals surface area contributed by atoms with E-state index in [1.807, 2.05) is 6.07 Å². The first-order valence-corrected chi connectivity index (χ1v) is 12.3. The van der Waals surface area contributed by atoms with Crippen LogP contribution in [0.15, 0.2) is 72.8 Å². The predicted molar refractivity (Wildman–Crippen MR) is 147 cm³/mol. The number of halogens is 1. The molecule has 9 heteroatoms. The fraction of sp³-hybridized carbons (Fsp3) is 0.222. The molecule has 36 heavy (non-hydrogen) atoms. The standard InChI is InChI=1S/C27H28ClN3O4S/c1-3-4-16-34-22-9-7-8-19(17-22)26(33)31-27(36)30-21-14-12-20(13-15-21)29-25(32)18(2)35-24-11-6-5-10-23(24)28/h5-15,17-18H,3-4,16H2,1-2H3,(H,29,32)(H2,30,31,33,36). The second-order valence-electron chi connectivity index (χ2n) is 7.90. The number of anilines is 2. The van der Waals surface area contributed by atoms with E-state index >= 15 is 0 Å². The molecule has 3 rings (SSSR count). The minimum Gasteiger partial charge on any atom is -0.494 e. The molecule has 1 unspecified atom stereocenters. The fourth-order valence-electron chi connectivity index (χ4n) is 3.06. The van der Waals surface area contributed by atoms with Gasteiger partial charge in [-0.2, -0.15) is 0 Å². The lowest BCUT2D eigenvalue weighted by Crippen LogP contribution is -2.34. The van der Waals surface area contributed by atoms with E-state index in [0.717, 1.165) is 12.8 Å². The monoisotopic (exact) mass is 525 g/mol. The molecule has 0 aromatic heterocycles. The summed E-state index contributed by atoms with van der Waals surface area (Å²) in [7, 11) is 0. The molecule has 3 aromatic carbocycles. The number of para-hydroxylation sites is 1. The summed E-state index contributed by atoms with van der Waals surface area (Å²) in [6.07, 6.45) is 1.23. The van der Waals surface area contributed by atoms with Crippen molar-refractivity contribution in [3.8, 4) is 11.5 Å². The number of benzene rings is 3. The number of thiocarbonyl (C=S) groups is 1. The van der Waals surface area contributed by atoms with Gasteiger partial charge in [-0.1, -0.05) is 43.1 Å². The maximum Gasteiger partial charge on any atom is 0.265 e. The van der Waals surface area contributed by atoms with E-state index in [9.17, 15) is 9.59 Å². The highest BCUT2D eigenvalue weighted by Crippen LogP contribution is 2.24. The molecule has 2 amide bonds. The Morgan fingerprint density at radius 3 is 2.36 bits per heavy atom. The number of hydrogen-bond donors (Lipinski definition) is 3. The molecule has 3 N–H and O–H groups in total. The molecular formula is C27H28ClN3O4S. The van der Waals surface area contributed by atoms with Gasteiger partial charge in [-0.05, 0) is 80.2 Å². The Bertz CT molecular complexity index is 1200. The van der Waals surface area contributed by atoms with Crippen LogP contribution in [0.3, 0.4) is 0 Å². The van der Waals surface area contributed by atoms with Crippen molar-refractivity contribution < 1.29 is 19.1 Å². The van der Waals surface area contributed by atoms with E-state index in [-0.39, 0.29) is 16.9 Å². The summed E-state index contributed by atoms with van der Waals surface area (Å²) in [5.41, 5.74) is 1.67. The zero-order chi connectivity index (χ0) is 25.9. The highest BCUT2D eigenvalue weighted by molar-refractivity contribution is 7.80. The molecule has 0 spiro atoms. The predicted octanol–water partition coefficient (Wildman–Crippen LogP) is 6.05. The summed E-state index contributed by atoms with van der Waals surface area (Å²) < 4.78 is 11.3. The van der Waals surface area contributed by atoms with Crippen molar-refractivity contribution in [2.45, 2.75) is 32.8 Å². The van der Waals surface area contributed by atoms with Crippen LogP contribution in [0.5, 0.6) is 11.5 Å². The van der Waals surface area contributed by atoms with Gasteiger partial charge in [0, 0.05) is 16.9 Å². The smallest absolute Gasteiger partial charge is 0.265 e. The second kappa shape index (κ2) is 13.5. The van der Waals surface area contributed by atoms with E-state index in [4.69, 9.17) is 33.3 Å². The number of hydrogen-bond acceptors (Lipinski definition) is 5. The van der Waals surface area contributed by atoms with Gasteiger partial charge in [0.25, 0.3) is 11.8 Å². The lowest BCUT2D eigenvalue weighted by molar-refractivity contribution is -0.122. The molecule has 7 nitrogen and oxygen atoms in total. The van der Waals surface area contributed by atoms with Crippen molar-refractivity contribution in [1.29, 1.82) is 0 Å². The molecule has 0 aliphatic rings. The Balaban J connectivity index is 1.49. The van der Waals surface area contributed by atoms with E-state index in [1.54, 1.807) is 73.7 Å². The minimum absolute atomic E-state index is 0.149. The first-order chi connectivity index (χ1) is 17.4. The third kappa shape index (κ3) is 8.25. The SMILES string of the molecule is CCCCOc1cccc(C(=O)NC(=S)Nc2ccc(NC(=O)C(C)Oc3ccccc3Cl)cc2)c1. The summed E-state index contributed by atoms with van der Waals surface area (Å²) in [5.74, 6) is 0.413. The van der Waals surface area contributed by atoms with Crippen molar-refractivity contribution in [3.63, 3.8) is 0 Å². The highest BCUT2D eigenvalue weighted by atomic mass is 35.5. The summed E-state index contributed by atoms with van der Waals surface area (Å²) in [6.45, 7) is 4.33. The zero-order valence-electron chi connectivity index (χ0n) is 20.0. The van der Waals surface area contributed by atoms with Gasteiger partial charge in [0.15, 0.2) is 11.2 Å².